The van der Waals surface area contributed by atoms with Gasteiger partial charge < -0.3 is 62.5 Å². The summed E-state index contributed by atoms with van der Waals surface area (Å²) in [6, 6.07) is -2.47. The van der Waals surface area contributed by atoms with E-state index in [2.05, 4.69) is 5.32 Å². The number of nitrogens with one attached hydrogen (secondary N) is 1. The van der Waals surface area contributed by atoms with Crippen LogP contribution in [-0.4, -0.2) is 108 Å². The van der Waals surface area contributed by atoms with Gasteiger partial charge in [-0.2, -0.15) is 0 Å². The quantitative estimate of drug-likeness (QED) is 0.192. The number of aliphatic hydroxyl groups excluding tert-OH is 2. The third-order valence-corrected chi connectivity index (χ3v) is 6.81. The average molecular weight is 464 g/mol. The molecule has 3 aliphatic rings. The number of likely N-dealkylation sites (N-methyl/N-ethyl adjacent to an activating group) is 1. The topological polar surface area (TPSA) is 214 Å². The van der Waals surface area contributed by atoms with Crippen LogP contribution in [0.5, 0.6) is 0 Å². The minimum absolute atomic E-state index is 0.0683. The summed E-state index contributed by atoms with van der Waals surface area (Å²) < 4.78 is 23.4. The van der Waals surface area contributed by atoms with Crippen molar-refractivity contribution >= 4 is 0 Å². The predicted octanol–water partition coefficient (Wildman–Crippen LogP) is -3.59. The fourth-order valence-electron chi connectivity index (χ4n) is 4.87. The van der Waals surface area contributed by atoms with Gasteiger partial charge in [0.1, 0.15) is 30.0 Å². The molecule has 3 fully saturated rings. The summed E-state index contributed by atoms with van der Waals surface area (Å²) in [6.45, 7) is 3.34. The van der Waals surface area contributed by atoms with Gasteiger partial charge in [0, 0.05) is 18.1 Å². The first-order valence-corrected chi connectivity index (χ1v) is 11.3. The molecule has 12 heteroatoms. The number of aliphatic hydroxyl groups is 3. The van der Waals surface area contributed by atoms with Gasteiger partial charge in [0.2, 0.25) is 0 Å². The van der Waals surface area contributed by atoms with E-state index >= 15 is 0 Å². The zero-order valence-electron chi connectivity index (χ0n) is 19.0. The molecule has 2 aliphatic heterocycles. The molecule has 2 heterocycles. The molecule has 12 N–H and O–H groups in total. The van der Waals surface area contributed by atoms with Gasteiger partial charge in [0.25, 0.3) is 0 Å². The lowest BCUT2D eigenvalue weighted by atomic mass is 9.84. The molecule has 0 bridgehead atoms. The Labute approximate surface area is 188 Å². The van der Waals surface area contributed by atoms with E-state index in [9.17, 15) is 15.3 Å². The molecule has 0 radical (unpaired) electrons. The maximum Gasteiger partial charge on any atom is 0.185 e. The monoisotopic (exact) mass is 463 g/mol. The average Bonchev–Trinajstić information content (AvgIpc) is 2.71. The molecule has 2 saturated heterocycles. The molecule has 12 nitrogen and oxygen atoms in total. The lowest BCUT2D eigenvalue weighted by molar-refractivity contribution is -0.307. The third-order valence-electron chi connectivity index (χ3n) is 6.81. The lowest BCUT2D eigenvalue weighted by Crippen LogP contribution is -2.68. The predicted molar refractivity (Wildman–Crippen MR) is 115 cm³/mol. The van der Waals surface area contributed by atoms with E-state index in [0.717, 1.165) is 6.42 Å². The summed E-state index contributed by atoms with van der Waals surface area (Å²) in [5, 5.41) is 35.0. The number of ether oxygens (including phenoxy) is 4. The van der Waals surface area contributed by atoms with Crippen LogP contribution in [0.4, 0.5) is 0 Å². The van der Waals surface area contributed by atoms with E-state index in [1.54, 1.807) is 14.0 Å². The Morgan fingerprint density at radius 2 is 1.59 bits per heavy atom. The Morgan fingerprint density at radius 1 is 1.00 bits per heavy atom. The number of rotatable bonds is 6. The van der Waals surface area contributed by atoms with Crippen LogP contribution in [0.2, 0.25) is 0 Å². The number of nitrogens with two attached hydrogens (primary N) is 4. The normalized spacial score (nSPS) is 51.4. The second kappa shape index (κ2) is 10.4. The summed E-state index contributed by atoms with van der Waals surface area (Å²) in [7, 11) is 1.62. The summed E-state index contributed by atoms with van der Waals surface area (Å²) in [5.41, 5.74) is 23.3. The molecule has 13 atom stereocenters. The summed E-state index contributed by atoms with van der Waals surface area (Å²) in [4.78, 5) is 0. The van der Waals surface area contributed by atoms with Crippen LogP contribution in [0, 0.1) is 0 Å². The first kappa shape index (κ1) is 26.1. The van der Waals surface area contributed by atoms with Crippen LogP contribution < -0.4 is 28.3 Å². The minimum atomic E-state index is -1.29. The Balaban J connectivity index is 1.69. The lowest BCUT2D eigenvalue weighted by Gasteiger charge is -2.48. The summed E-state index contributed by atoms with van der Waals surface area (Å²) in [6.07, 6.45) is -4.58. The first-order valence-electron chi connectivity index (χ1n) is 11.3. The van der Waals surface area contributed by atoms with Crippen LogP contribution in [0.15, 0.2) is 0 Å². The van der Waals surface area contributed by atoms with Crippen molar-refractivity contribution in [2.75, 3.05) is 13.7 Å². The molecule has 0 unspecified atom stereocenters. The molecule has 1 saturated carbocycles. The Morgan fingerprint density at radius 3 is 2.16 bits per heavy atom. The number of hydrogen-bond acceptors (Lipinski definition) is 12. The Bertz CT molecular complexity index is 615. The van der Waals surface area contributed by atoms with Crippen LogP contribution in [0.3, 0.4) is 0 Å². The minimum Gasteiger partial charge on any atom is -0.388 e. The van der Waals surface area contributed by atoms with Gasteiger partial charge in [0.05, 0.1) is 24.8 Å². The van der Waals surface area contributed by atoms with Crippen LogP contribution in [-0.2, 0) is 18.9 Å². The smallest absolute Gasteiger partial charge is 0.185 e. The Kier molecular flexibility index (Phi) is 8.51. The second-order valence-corrected chi connectivity index (χ2v) is 9.69. The van der Waals surface area contributed by atoms with Crippen molar-refractivity contribution in [3.63, 3.8) is 0 Å². The van der Waals surface area contributed by atoms with Crippen molar-refractivity contribution in [3.8, 4) is 0 Å². The molecule has 188 valence electrons. The molecule has 3 rings (SSSR count). The van der Waals surface area contributed by atoms with Crippen molar-refractivity contribution in [2.24, 2.45) is 22.9 Å². The van der Waals surface area contributed by atoms with Gasteiger partial charge in [-0.25, -0.2) is 0 Å². The number of hydrogen-bond donors (Lipinski definition) is 8. The fraction of sp³-hybridized carbons (Fsp3) is 1.00. The summed E-state index contributed by atoms with van der Waals surface area (Å²) in [5.74, 6) is 0. The first-order chi connectivity index (χ1) is 15.0. The standard InChI is InChI=1S/C20H41N5O7/c1-8(21)12-5-4-9(22)18(30-12)31-15-10(23)6-11(24)16(13(15)26)32-19-14(27)17(25-3)20(2,28)7-29-19/h8-19,25-28H,4-7,21-24H2,1-3H3/t8-,9-,10-,11+,12-,13+,14-,15-,16+,17+,18-,19-,20-/m0/s1. The maximum atomic E-state index is 11.1. The molecule has 32 heavy (non-hydrogen) atoms. The molecule has 0 aromatic carbocycles. The second-order valence-electron chi connectivity index (χ2n) is 9.69. The van der Waals surface area contributed by atoms with E-state index in [1.165, 1.54) is 0 Å². The van der Waals surface area contributed by atoms with Crippen molar-refractivity contribution in [1.29, 1.82) is 0 Å². The highest BCUT2D eigenvalue weighted by Gasteiger charge is 2.50. The third kappa shape index (κ3) is 5.43. The van der Waals surface area contributed by atoms with Crippen LogP contribution in [0.1, 0.15) is 33.1 Å². The molecule has 0 aromatic rings. The zero-order chi connectivity index (χ0) is 23.8. The van der Waals surface area contributed by atoms with Crippen molar-refractivity contribution in [3.05, 3.63) is 0 Å². The van der Waals surface area contributed by atoms with E-state index < -0.39 is 60.7 Å². The summed E-state index contributed by atoms with van der Waals surface area (Å²) >= 11 is 0. The van der Waals surface area contributed by atoms with Gasteiger partial charge in [0.15, 0.2) is 12.6 Å². The van der Waals surface area contributed by atoms with E-state index in [-0.39, 0.29) is 24.8 Å². The SMILES string of the molecule is CN[C@@H]1[C@H](O)[C@H](O[C@H]2[C@H](O)[C@@H](O[C@@H]3O[C@H]([C@H](C)N)CC[C@@H]3N)[C@@H](N)C[C@H]2N)OC[C@]1(C)O. The van der Waals surface area contributed by atoms with E-state index in [1.807, 2.05) is 6.92 Å². The molecule has 1 aliphatic carbocycles. The highest BCUT2D eigenvalue weighted by atomic mass is 16.7. The van der Waals surface area contributed by atoms with Crippen molar-refractivity contribution < 1.29 is 34.3 Å². The van der Waals surface area contributed by atoms with Gasteiger partial charge in [-0.1, -0.05) is 0 Å². The Hall–Kier alpha value is -0.480. The van der Waals surface area contributed by atoms with Gasteiger partial charge in [-0.15, -0.1) is 0 Å². The van der Waals surface area contributed by atoms with Crippen molar-refractivity contribution in [2.45, 2.75) is 112 Å². The zero-order valence-corrected chi connectivity index (χ0v) is 19.0. The van der Waals surface area contributed by atoms with Crippen molar-refractivity contribution in [1.82, 2.24) is 5.32 Å². The largest absolute Gasteiger partial charge is 0.388 e. The van der Waals surface area contributed by atoms with Gasteiger partial charge in [-0.3, -0.25) is 0 Å². The highest BCUT2D eigenvalue weighted by molar-refractivity contribution is 5.02. The molecule has 0 spiro atoms. The van der Waals surface area contributed by atoms with Crippen LogP contribution >= 0.6 is 0 Å². The molecular formula is C20H41N5O7. The molecule has 0 amide bonds. The van der Waals surface area contributed by atoms with Crippen LogP contribution in [0.25, 0.3) is 0 Å². The maximum absolute atomic E-state index is 11.1. The van der Waals surface area contributed by atoms with E-state index in [0.29, 0.717) is 12.8 Å². The van der Waals surface area contributed by atoms with Gasteiger partial charge >= 0.3 is 0 Å². The van der Waals surface area contributed by atoms with Gasteiger partial charge in [-0.05, 0) is 40.2 Å². The fourth-order valence-corrected chi connectivity index (χ4v) is 4.87. The molecule has 0 aromatic heterocycles. The van der Waals surface area contributed by atoms with E-state index in [4.69, 9.17) is 41.9 Å². The molecular weight excluding hydrogens is 422 g/mol. The highest BCUT2D eigenvalue weighted by Crippen LogP contribution is 2.31.